The molecule has 0 aliphatic heterocycles. The van der Waals surface area contributed by atoms with Crippen LogP contribution >= 0.6 is 15.6 Å². The number of phosphoric ester groups is 2. The van der Waals surface area contributed by atoms with Crippen molar-refractivity contribution in [2.45, 2.75) is 329 Å². The number of phosphoric acid groups is 2. The fourth-order valence-corrected chi connectivity index (χ4v) is 12.2. The Balaban J connectivity index is 5.50. The molecule has 5 unspecified atom stereocenters. The lowest BCUT2D eigenvalue weighted by Gasteiger charge is -2.21. The van der Waals surface area contributed by atoms with Crippen LogP contribution < -0.4 is 0 Å². The van der Waals surface area contributed by atoms with Gasteiger partial charge in [-0.1, -0.05) is 319 Å². The smallest absolute Gasteiger partial charge is 0.462 e. The highest BCUT2D eigenvalue weighted by Crippen LogP contribution is 2.45. The van der Waals surface area contributed by atoms with Crippen LogP contribution in [0.1, 0.15) is 310 Å². The van der Waals surface area contributed by atoms with E-state index in [9.17, 15) is 43.2 Å². The van der Waals surface area contributed by atoms with Crippen molar-refractivity contribution in [2.75, 3.05) is 39.6 Å². The van der Waals surface area contributed by atoms with Crippen LogP contribution in [0.4, 0.5) is 0 Å². The molecule has 0 saturated carbocycles. The maximum atomic E-state index is 13.1. The van der Waals surface area contributed by atoms with Crippen molar-refractivity contribution < 1.29 is 80.2 Å². The van der Waals surface area contributed by atoms with Crippen molar-refractivity contribution in [1.82, 2.24) is 0 Å². The van der Waals surface area contributed by atoms with E-state index in [0.29, 0.717) is 32.1 Å². The Hall–Kier alpha value is -5.84. The standard InChI is InChI=1S/C91H148O17P2/c1-5-9-13-17-21-25-29-33-37-40-42-45-48-51-55-59-63-67-71-75-88(93)101-81-86(107-90(95)77-73-69-65-61-57-53-47-36-32-28-24-20-16-12-8-4)83-105-109(97,98)103-79-85(92)80-104-110(99,100)106-84-87(108-91(96)78-74-70-66-62-58-54-50-44-39-35-31-27-23-19-15-11-7-3)82-102-89(94)76-72-68-64-60-56-52-49-46-43-41-38-34-30-26-22-18-14-10-6-2/h9-11,13-15,21-23,25-27,33-35,37-39,42-43,45-46,50-52,54-56,64,68,85-87,92H,5-8,12,16-20,24,28-32,36,40-41,44,47-49,53,57-63,65-67,69-84H2,1-4H3,(H,97,98)(H,99,100)/b13-9-,14-10-,15-11-,25-21-,26-22-,27-23-,37-33-,38-34-,39-35-,45-42-,46-43-,54-50-,55-51-,56-52-,68-64-. The largest absolute Gasteiger partial charge is 0.472 e. The van der Waals surface area contributed by atoms with Crippen LogP contribution in [0.25, 0.3) is 0 Å². The van der Waals surface area contributed by atoms with Gasteiger partial charge in [0.15, 0.2) is 12.2 Å². The number of aliphatic hydroxyl groups is 1. The third kappa shape index (κ3) is 80.2. The lowest BCUT2D eigenvalue weighted by atomic mass is 10.0. The monoisotopic (exact) mass is 1580 g/mol. The molecule has 3 N–H and O–H groups in total. The minimum atomic E-state index is -5.01. The van der Waals surface area contributed by atoms with Gasteiger partial charge in [0.05, 0.1) is 26.4 Å². The number of carbonyl (C=O) groups is 4. The topological polar surface area (TPSA) is 237 Å². The molecule has 0 spiro atoms. The van der Waals surface area contributed by atoms with Gasteiger partial charge in [-0.3, -0.25) is 37.3 Å². The Morgan fingerprint density at radius 1 is 0.264 bits per heavy atom. The lowest BCUT2D eigenvalue weighted by molar-refractivity contribution is -0.161. The van der Waals surface area contributed by atoms with E-state index in [1.54, 1.807) is 0 Å². The molecule has 0 heterocycles. The molecule has 110 heavy (non-hydrogen) atoms. The molecule has 0 radical (unpaired) electrons. The second-order valence-electron chi connectivity index (χ2n) is 27.3. The second-order valence-corrected chi connectivity index (χ2v) is 30.2. The van der Waals surface area contributed by atoms with Crippen molar-refractivity contribution in [3.05, 3.63) is 182 Å². The van der Waals surface area contributed by atoms with Gasteiger partial charge in [0.1, 0.15) is 19.3 Å². The van der Waals surface area contributed by atoms with Crippen molar-refractivity contribution in [1.29, 1.82) is 0 Å². The van der Waals surface area contributed by atoms with Crippen LogP contribution in [-0.2, 0) is 65.4 Å². The quantitative estimate of drug-likeness (QED) is 0.0169. The number of rotatable bonds is 77. The minimum Gasteiger partial charge on any atom is -0.462 e. The summed E-state index contributed by atoms with van der Waals surface area (Å²) >= 11 is 0. The number of hydrogen-bond acceptors (Lipinski definition) is 15. The zero-order valence-corrected chi connectivity index (χ0v) is 70.1. The number of esters is 4. The first-order valence-electron chi connectivity index (χ1n) is 42.0. The summed E-state index contributed by atoms with van der Waals surface area (Å²) in [5.41, 5.74) is 0. The van der Waals surface area contributed by atoms with Crippen molar-refractivity contribution in [2.24, 2.45) is 0 Å². The molecular weight excluding hydrogens is 1430 g/mol. The zero-order chi connectivity index (χ0) is 80.3. The Labute approximate surface area is 666 Å². The molecule has 0 bridgehead atoms. The summed E-state index contributed by atoms with van der Waals surface area (Å²) in [5.74, 6) is -2.34. The van der Waals surface area contributed by atoms with Gasteiger partial charge in [0, 0.05) is 25.7 Å². The van der Waals surface area contributed by atoms with Gasteiger partial charge in [0.25, 0.3) is 0 Å². The highest BCUT2D eigenvalue weighted by atomic mass is 31.2. The molecule has 5 atom stereocenters. The normalized spacial score (nSPS) is 14.7. The first-order chi connectivity index (χ1) is 53.7. The van der Waals surface area contributed by atoms with E-state index in [1.165, 1.54) is 64.2 Å². The number of hydrogen-bond donors (Lipinski definition) is 3. The Bertz CT molecular complexity index is 2800. The van der Waals surface area contributed by atoms with E-state index >= 15 is 0 Å². The molecular formula is C91H148O17P2. The summed E-state index contributed by atoms with van der Waals surface area (Å²) in [6.45, 7) is 4.39. The van der Waals surface area contributed by atoms with Gasteiger partial charge >= 0.3 is 39.5 Å². The van der Waals surface area contributed by atoms with Gasteiger partial charge in [0.2, 0.25) is 0 Å². The Kier molecular flexibility index (Phi) is 76.9. The van der Waals surface area contributed by atoms with Crippen LogP contribution in [0.5, 0.6) is 0 Å². The molecule has 0 aliphatic rings. The van der Waals surface area contributed by atoms with Crippen LogP contribution in [0, 0.1) is 0 Å². The van der Waals surface area contributed by atoms with Crippen LogP contribution in [0.3, 0.4) is 0 Å². The van der Waals surface area contributed by atoms with Crippen LogP contribution in [0.2, 0.25) is 0 Å². The molecule has 0 aromatic carbocycles. The van der Waals surface area contributed by atoms with Crippen LogP contribution in [0.15, 0.2) is 182 Å². The van der Waals surface area contributed by atoms with E-state index in [2.05, 4.69) is 192 Å². The third-order valence-corrected chi connectivity index (χ3v) is 18.8. The number of carbonyl (C=O) groups excluding carboxylic acids is 4. The maximum absolute atomic E-state index is 13.1. The summed E-state index contributed by atoms with van der Waals surface area (Å²) in [6.07, 6.45) is 98.7. The van der Waals surface area contributed by atoms with Crippen molar-refractivity contribution >= 4 is 39.5 Å². The molecule has 0 aromatic heterocycles. The van der Waals surface area contributed by atoms with Gasteiger partial charge in [-0.15, -0.1) is 0 Å². The molecule has 0 rings (SSSR count). The van der Waals surface area contributed by atoms with Gasteiger partial charge in [-0.2, -0.15) is 0 Å². The van der Waals surface area contributed by atoms with E-state index in [0.717, 1.165) is 161 Å². The van der Waals surface area contributed by atoms with Crippen molar-refractivity contribution in [3.8, 4) is 0 Å². The van der Waals surface area contributed by atoms with Crippen molar-refractivity contribution in [3.63, 3.8) is 0 Å². The summed E-state index contributed by atoms with van der Waals surface area (Å²) in [6, 6.07) is 0. The maximum Gasteiger partial charge on any atom is 0.472 e. The zero-order valence-electron chi connectivity index (χ0n) is 68.4. The third-order valence-electron chi connectivity index (χ3n) is 16.9. The van der Waals surface area contributed by atoms with E-state index in [4.69, 9.17) is 37.0 Å². The summed E-state index contributed by atoms with van der Waals surface area (Å²) in [4.78, 5) is 73.2. The lowest BCUT2D eigenvalue weighted by Crippen LogP contribution is -2.30. The Morgan fingerprint density at radius 3 is 0.791 bits per heavy atom. The fourth-order valence-electron chi connectivity index (χ4n) is 10.6. The van der Waals surface area contributed by atoms with Gasteiger partial charge in [-0.05, 0) is 148 Å². The predicted octanol–water partition coefficient (Wildman–Crippen LogP) is 25.1. The molecule has 0 amide bonds. The Morgan fingerprint density at radius 2 is 0.491 bits per heavy atom. The second kappa shape index (κ2) is 81.2. The first kappa shape index (κ1) is 104. The molecule has 0 aromatic rings. The van der Waals surface area contributed by atoms with E-state index in [-0.39, 0.29) is 25.7 Å². The number of unbranched alkanes of at least 4 members (excludes halogenated alkanes) is 21. The van der Waals surface area contributed by atoms with Gasteiger partial charge in [-0.25, -0.2) is 9.13 Å². The minimum absolute atomic E-state index is 0.0235. The first-order valence-corrected chi connectivity index (χ1v) is 45.0. The van der Waals surface area contributed by atoms with Crippen LogP contribution in [-0.4, -0.2) is 96.7 Å². The summed E-state index contributed by atoms with van der Waals surface area (Å²) < 4.78 is 68.7. The molecule has 17 nitrogen and oxygen atoms in total. The van der Waals surface area contributed by atoms with E-state index < -0.39 is 97.5 Å². The highest BCUT2D eigenvalue weighted by molar-refractivity contribution is 7.47. The fraction of sp³-hybridized carbons (Fsp3) is 0.626. The summed E-state index contributed by atoms with van der Waals surface area (Å²) in [5, 5.41) is 10.7. The molecule has 0 aliphatic carbocycles. The highest BCUT2D eigenvalue weighted by Gasteiger charge is 2.30. The van der Waals surface area contributed by atoms with Gasteiger partial charge < -0.3 is 33.8 Å². The van der Waals surface area contributed by atoms with E-state index in [1.807, 2.05) is 18.2 Å². The molecule has 624 valence electrons. The molecule has 0 saturated heterocycles. The number of ether oxygens (including phenoxy) is 4. The molecule has 0 fully saturated rings. The predicted molar refractivity (Wildman–Crippen MR) is 454 cm³/mol. The average Bonchev–Trinajstić information content (AvgIpc) is 0.906. The SMILES string of the molecule is CC/C=C\C/C=C\C/C=C\C/C=C\C/C=C\C/C=C\CCC(=O)OCC(COP(=O)(O)OCC(O)COP(=O)(O)OCC(COC(=O)CCCCC/C=C\C/C=C\C/C=C\C/C=C\C/C=C\CC)OC(=O)CCCCCCCCCCCCCCCCC)OC(=O)CCCCCC/C=C\C/C=C\C/C=C\C/C=C\CC. The molecule has 19 heteroatoms. The number of aliphatic hydroxyl groups excluding tert-OH is 1. The summed E-state index contributed by atoms with van der Waals surface area (Å²) in [7, 11) is -10.0. The number of allylic oxidation sites excluding steroid dienone is 30. The average molecular weight is 1580 g/mol.